The van der Waals surface area contributed by atoms with Gasteiger partial charge >= 0.3 is 5.97 Å². The van der Waals surface area contributed by atoms with Crippen molar-refractivity contribution in [2.75, 3.05) is 0 Å². The molecule has 78 valence electrons. The minimum Gasteiger partial charge on any atom is -0.481 e. The van der Waals surface area contributed by atoms with Crippen molar-refractivity contribution in [3.8, 4) is 0 Å². The highest BCUT2D eigenvalue weighted by Crippen LogP contribution is 2.05. The second-order valence-corrected chi connectivity index (χ2v) is 3.20. The number of aliphatic carboxylic acids is 2. The highest BCUT2D eigenvalue weighted by atomic mass is 16.4. The Bertz CT molecular complexity index is 148. The Morgan fingerprint density at radius 1 is 1.23 bits per heavy atom. The third kappa shape index (κ3) is 35.8. The lowest BCUT2D eigenvalue weighted by molar-refractivity contribution is -0.137. The van der Waals surface area contributed by atoms with Gasteiger partial charge in [-0.25, -0.2) is 0 Å². The molecule has 0 fully saturated rings. The van der Waals surface area contributed by atoms with E-state index in [1.807, 2.05) is 0 Å². The first-order chi connectivity index (χ1) is 5.86. The maximum absolute atomic E-state index is 9.98. The first kappa shape index (κ1) is 14.5. The van der Waals surface area contributed by atoms with E-state index >= 15 is 0 Å². The Morgan fingerprint density at radius 3 is 1.85 bits per heavy atom. The molecule has 0 saturated carbocycles. The van der Waals surface area contributed by atoms with Crippen LogP contribution in [-0.2, 0) is 9.59 Å². The Labute approximate surface area is 78.6 Å². The van der Waals surface area contributed by atoms with Crippen LogP contribution in [0, 0.1) is 5.92 Å². The van der Waals surface area contributed by atoms with Crippen LogP contribution in [0.15, 0.2) is 0 Å². The standard InChI is InChI=1S/C7H14O2.C2H4O2/c1-6(2)4-3-5-7(8)9;1-2(3)4/h6H,3-5H2,1-2H3,(H,8,9);1H3,(H,3,4). The van der Waals surface area contributed by atoms with Crippen molar-refractivity contribution in [2.24, 2.45) is 5.92 Å². The first-order valence-electron chi connectivity index (χ1n) is 4.27. The Balaban J connectivity index is 0. The van der Waals surface area contributed by atoms with Crippen molar-refractivity contribution in [3.05, 3.63) is 0 Å². The van der Waals surface area contributed by atoms with Gasteiger partial charge in [-0.2, -0.15) is 0 Å². The zero-order valence-corrected chi connectivity index (χ0v) is 8.41. The second kappa shape index (κ2) is 9.03. The van der Waals surface area contributed by atoms with E-state index in [-0.39, 0.29) is 0 Å². The van der Waals surface area contributed by atoms with Gasteiger partial charge in [0.25, 0.3) is 5.97 Å². The molecule has 0 aromatic heterocycles. The molecule has 0 aliphatic rings. The van der Waals surface area contributed by atoms with Crippen LogP contribution in [0.4, 0.5) is 0 Å². The summed E-state index contributed by atoms with van der Waals surface area (Å²) in [6.45, 7) is 5.28. The van der Waals surface area contributed by atoms with Gasteiger partial charge in [0.15, 0.2) is 0 Å². The molecule has 0 aliphatic heterocycles. The fourth-order valence-electron chi connectivity index (χ4n) is 0.662. The number of carbonyl (C=O) groups is 2. The van der Waals surface area contributed by atoms with E-state index in [2.05, 4.69) is 13.8 Å². The van der Waals surface area contributed by atoms with Crippen LogP contribution < -0.4 is 0 Å². The van der Waals surface area contributed by atoms with E-state index in [1.54, 1.807) is 0 Å². The van der Waals surface area contributed by atoms with Crippen LogP contribution in [0.1, 0.15) is 40.0 Å². The average molecular weight is 190 g/mol. The predicted octanol–water partition coefficient (Wildman–Crippen LogP) is 1.99. The van der Waals surface area contributed by atoms with Gasteiger partial charge in [0.1, 0.15) is 0 Å². The van der Waals surface area contributed by atoms with Gasteiger partial charge in [-0.15, -0.1) is 0 Å². The SMILES string of the molecule is CC(=O)O.CC(C)CCCC(=O)O. The Kier molecular flexibility index (Phi) is 10.0. The minimum atomic E-state index is -0.833. The summed E-state index contributed by atoms with van der Waals surface area (Å²) in [5.74, 6) is -0.889. The topological polar surface area (TPSA) is 74.6 Å². The van der Waals surface area contributed by atoms with E-state index in [0.717, 1.165) is 19.8 Å². The van der Waals surface area contributed by atoms with Crippen molar-refractivity contribution in [1.82, 2.24) is 0 Å². The summed E-state index contributed by atoms with van der Waals surface area (Å²) in [6.07, 6.45) is 2.15. The van der Waals surface area contributed by atoms with Crippen molar-refractivity contribution >= 4 is 11.9 Å². The summed E-state index contributed by atoms with van der Waals surface area (Å²) >= 11 is 0. The van der Waals surface area contributed by atoms with Gasteiger partial charge < -0.3 is 10.2 Å². The third-order valence-electron chi connectivity index (χ3n) is 1.17. The fourth-order valence-corrected chi connectivity index (χ4v) is 0.662. The second-order valence-electron chi connectivity index (χ2n) is 3.20. The molecule has 0 unspecified atom stereocenters. The van der Waals surface area contributed by atoms with Crippen LogP contribution in [-0.4, -0.2) is 22.2 Å². The summed E-state index contributed by atoms with van der Waals surface area (Å²) in [4.78, 5) is 19.0. The number of rotatable bonds is 4. The maximum Gasteiger partial charge on any atom is 0.303 e. The quantitative estimate of drug-likeness (QED) is 0.710. The molecule has 0 saturated heterocycles. The number of carboxylic acid groups (broad SMARTS) is 2. The molecule has 4 nitrogen and oxygen atoms in total. The lowest BCUT2D eigenvalue weighted by Gasteiger charge is -1.99. The summed E-state index contributed by atoms with van der Waals surface area (Å²) in [5, 5.41) is 15.6. The Hall–Kier alpha value is -1.06. The number of hydrogen-bond donors (Lipinski definition) is 2. The molecule has 13 heavy (non-hydrogen) atoms. The van der Waals surface area contributed by atoms with Crippen LogP contribution in [0.3, 0.4) is 0 Å². The number of hydrogen-bond acceptors (Lipinski definition) is 2. The smallest absolute Gasteiger partial charge is 0.303 e. The van der Waals surface area contributed by atoms with Gasteiger partial charge in [0, 0.05) is 13.3 Å². The molecule has 0 bridgehead atoms. The molecule has 0 aromatic rings. The van der Waals surface area contributed by atoms with E-state index in [9.17, 15) is 4.79 Å². The molecular formula is C9H18O4. The van der Waals surface area contributed by atoms with E-state index in [0.29, 0.717) is 12.3 Å². The number of carboxylic acids is 2. The molecule has 0 heterocycles. The average Bonchev–Trinajstić information content (AvgIpc) is 1.83. The van der Waals surface area contributed by atoms with Crippen LogP contribution in [0.5, 0.6) is 0 Å². The van der Waals surface area contributed by atoms with E-state index in [4.69, 9.17) is 15.0 Å². The predicted molar refractivity (Wildman–Crippen MR) is 49.6 cm³/mol. The zero-order chi connectivity index (χ0) is 10.9. The lowest BCUT2D eigenvalue weighted by Crippen LogP contribution is -1.95. The molecule has 0 rings (SSSR count). The molecule has 0 spiro atoms. The van der Waals surface area contributed by atoms with Crippen molar-refractivity contribution in [2.45, 2.75) is 40.0 Å². The van der Waals surface area contributed by atoms with Crippen LogP contribution >= 0.6 is 0 Å². The van der Waals surface area contributed by atoms with Crippen LogP contribution in [0.2, 0.25) is 0 Å². The van der Waals surface area contributed by atoms with Crippen molar-refractivity contribution in [1.29, 1.82) is 0 Å². The first-order valence-corrected chi connectivity index (χ1v) is 4.27. The van der Waals surface area contributed by atoms with Gasteiger partial charge in [0.2, 0.25) is 0 Å². The summed E-state index contributed by atoms with van der Waals surface area (Å²) < 4.78 is 0. The normalized spacial score (nSPS) is 8.92. The molecule has 4 heteroatoms. The van der Waals surface area contributed by atoms with E-state index < -0.39 is 11.9 Å². The van der Waals surface area contributed by atoms with Crippen molar-refractivity contribution < 1.29 is 19.8 Å². The maximum atomic E-state index is 9.98. The summed E-state index contributed by atoms with van der Waals surface area (Å²) in [7, 11) is 0. The molecule has 2 N–H and O–H groups in total. The summed E-state index contributed by atoms with van der Waals surface area (Å²) in [6, 6.07) is 0. The van der Waals surface area contributed by atoms with Crippen LogP contribution in [0.25, 0.3) is 0 Å². The van der Waals surface area contributed by atoms with Gasteiger partial charge in [-0.1, -0.05) is 20.3 Å². The fraction of sp³-hybridized carbons (Fsp3) is 0.778. The highest BCUT2D eigenvalue weighted by molar-refractivity contribution is 5.66. The molecule has 0 aromatic carbocycles. The molecule has 0 amide bonds. The molecule has 0 aliphatic carbocycles. The largest absolute Gasteiger partial charge is 0.481 e. The van der Waals surface area contributed by atoms with Gasteiger partial charge in [0.05, 0.1) is 0 Å². The summed E-state index contributed by atoms with van der Waals surface area (Å²) in [5.41, 5.74) is 0. The van der Waals surface area contributed by atoms with E-state index in [1.165, 1.54) is 0 Å². The molecule has 0 radical (unpaired) electrons. The molecular weight excluding hydrogens is 172 g/mol. The Morgan fingerprint density at radius 2 is 1.62 bits per heavy atom. The monoisotopic (exact) mass is 190 g/mol. The lowest BCUT2D eigenvalue weighted by atomic mass is 10.1. The van der Waals surface area contributed by atoms with Gasteiger partial charge in [-0.3, -0.25) is 9.59 Å². The minimum absolute atomic E-state index is 0.318. The zero-order valence-electron chi connectivity index (χ0n) is 8.41. The highest BCUT2D eigenvalue weighted by Gasteiger charge is 1.97. The third-order valence-corrected chi connectivity index (χ3v) is 1.17. The van der Waals surface area contributed by atoms with Gasteiger partial charge in [-0.05, 0) is 12.3 Å². The van der Waals surface area contributed by atoms with Crippen molar-refractivity contribution in [3.63, 3.8) is 0 Å². The molecule has 0 atom stereocenters.